The van der Waals surface area contributed by atoms with Crippen molar-refractivity contribution in [3.8, 4) is 11.3 Å². The van der Waals surface area contributed by atoms with Crippen LogP contribution < -0.4 is 0 Å². The lowest BCUT2D eigenvalue weighted by Gasteiger charge is -1.98. The molecule has 0 radical (unpaired) electrons. The molecule has 90 valence electrons. The van der Waals surface area contributed by atoms with Gasteiger partial charge in [-0.15, -0.1) is 0 Å². The minimum absolute atomic E-state index is 0.260. The topological polar surface area (TPSA) is 13.1 Å². The van der Waals surface area contributed by atoms with E-state index in [1.165, 1.54) is 0 Å². The molecular weight excluding hydrogens is 251 g/mol. The van der Waals surface area contributed by atoms with Gasteiger partial charge in [0.15, 0.2) is 11.6 Å². The standard InChI is InChI=1S/C15H10ClFO/c1-9-3-2-4-10(7-9)15-14(17)12-8-11(16)5-6-13(12)18-15/h2-8H,1H3. The van der Waals surface area contributed by atoms with Crippen LogP contribution in [0.3, 0.4) is 0 Å². The van der Waals surface area contributed by atoms with E-state index >= 15 is 0 Å². The normalized spacial score (nSPS) is 11.1. The Bertz CT molecular complexity index is 730. The van der Waals surface area contributed by atoms with Gasteiger partial charge in [-0.3, -0.25) is 0 Å². The highest BCUT2D eigenvalue weighted by Crippen LogP contribution is 2.33. The molecule has 0 saturated heterocycles. The fourth-order valence-electron chi connectivity index (χ4n) is 2.01. The van der Waals surface area contributed by atoms with Crippen LogP contribution in [-0.4, -0.2) is 0 Å². The van der Waals surface area contributed by atoms with Gasteiger partial charge >= 0.3 is 0 Å². The zero-order valence-electron chi connectivity index (χ0n) is 9.71. The lowest BCUT2D eigenvalue weighted by Crippen LogP contribution is -1.79. The second kappa shape index (κ2) is 4.14. The Kier molecular flexibility index (Phi) is 2.60. The van der Waals surface area contributed by atoms with Crippen molar-refractivity contribution in [2.75, 3.05) is 0 Å². The summed E-state index contributed by atoms with van der Waals surface area (Å²) in [7, 11) is 0. The van der Waals surface area contributed by atoms with Crippen molar-refractivity contribution >= 4 is 22.6 Å². The van der Waals surface area contributed by atoms with Crippen molar-refractivity contribution in [1.29, 1.82) is 0 Å². The van der Waals surface area contributed by atoms with Crippen LogP contribution in [0.5, 0.6) is 0 Å². The van der Waals surface area contributed by atoms with E-state index in [-0.39, 0.29) is 11.6 Å². The smallest absolute Gasteiger partial charge is 0.177 e. The van der Waals surface area contributed by atoms with Crippen LogP contribution in [0.25, 0.3) is 22.3 Å². The molecule has 0 unspecified atom stereocenters. The second-order valence-electron chi connectivity index (χ2n) is 4.26. The minimum atomic E-state index is -0.363. The van der Waals surface area contributed by atoms with Crippen molar-refractivity contribution in [2.24, 2.45) is 0 Å². The molecule has 1 heterocycles. The number of rotatable bonds is 1. The first-order chi connectivity index (χ1) is 8.65. The van der Waals surface area contributed by atoms with Gasteiger partial charge in [-0.1, -0.05) is 35.4 Å². The molecule has 1 nitrogen and oxygen atoms in total. The first-order valence-electron chi connectivity index (χ1n) is 5.60. The SMILES string of the molecule is Cc1cccc(-c2oc3ccc(Cl)cc3c2F)c1. The number of hydrogen-bond donors (Lipinski definition) is 0. The molecule has 1 aromatic heterocycles. The van der Waals surface area contributed by atoms with Gasteiger partial charge in [0.1, 0.15) is 5.58 Å². The van der Waals surface area contributed by atoms with Crippen LogP contribution in [0.4, 0.5) is 4.39 Å². The van der Waals surface area contributed by atoms with E-state index < -0.39 is 0 Å². The predicted octanol–water partition coefficient (Wildman–Crippen LogP) is 5.20. The average Bonchev–Trinajstić information content (AvgIpc) is 2.67. The molecule has 0 saturated carbocycles. The average molecular weight is 261 g/mol. The first kappa shape index (κ1) is 11.3. The van der Waals surface area contributed by atoms with Crippen LogP contribution in [0, 0.1) is 12.7 Å². The first-order valence-corrected chi connectivity index (χ1v) is 5.97. The van der Waals surface area contributed by atoms with E-state index in [0.29, 0.717) is 16.0 Å². The minimum Gasteiger partial charge on any atom is -0.453 e. The molecule has 3 rings (SSSR count). The summed E-state index contributed by atoms with van der Waals surface area (Å²) >= 11 is 5.86. The number of furan rings is 1. The third-order valence-corrected chi connectivity index (χ3v) is 3.10. The number of benzene rings is 2. The molecule has 3 heteroatoms. The molecule has 0 aliphatic heterocycles. The molecular formula is C15H10ClFO. The van der Waals surface area contributed by atoms with E-state index in [2.05, 4.69) is 0 Å². The lowest BCUT2D eigenvalue weighted by molar-refractivity contribution is 0.574. The third kappa shape index (κ3) is 1.79. The molecule has 0 amide bonds. The van der Waals surface area contributed by atoms with Crippen LogP contribution >= 0.6 is 11.6 Å². The molecule has 0 fully saturated rings. The number of fused-ring (bicyclic) bond motifs is 1. The summed E-state index contributed by atoms with van der Waals surface area (Å²) in [6.07, 6.45) is 0. The molecule has 0 spiro atoms. The van der Waals surface area contributed by atoms with Crippen LogP contribution in [0.2, 0.25) is 5.02 Å². The fraction of sp³-hybridized carbons (Fsp3) is 0.0667. The largest absolute Gasteiger partial charge is 0.453 e. The second-order valence-corrected chi connectivity index (χ2v) is 4.69. The van der Waals surface area contributed by atoms with Crippen molar-refractivity contribution in [3.05, 3.63) is 58.9 Å². The molecule has 2 aromatic carbocycles. The maximum absolute atomic E-state index is 14.3. The Labute approximate surface area is 109 Å². The molecule has 0 N–H and O–H groups in total. The molecule has 0 aliphatic rings. The van der Waals surface area contributed by atoms with Gasteiger partial charge in [-0.25, -0.2) is 4.39 Å². The quantitative estimate of drug-likeness (QED) is 0.586. The molecule has 3 aromatic rings. The van der Waals surface area contributed by atoms with Gasteiger partial charge in [0.2, 0.25) is 0 Å². The fourth-order valence-corrected chi connectivity index (χ4v) is 2.18. The highest BCUT2D eigenvalue weighted by atomic mass is 35.5. The summed E-state index contributed by atoms with van der Waals surface area (Å²) < 4.78 is 19.8. The van der Waals surface area contributed by atoms with Gasteiger partial charge in [-0.05, 0) is 31.2 Å². The summed E-state index contributed by atoms with van der Waals surface area (Å²) in [6, 6.07) is 12.5. The summed E-state index contributed by atoms with van der Waals surface area (Å²) in [6.45, 7) is 1.96. The Balaban J connectivity index is 2.27. The van der Waals surface area contributed by atoms with Crippen LogP contribution in [0.15, 0.2) is 46.9 Å². The van der Waals surface area contributed by atoms with Gasteiger partial charge in [0.05, 0.1) is 5.39 Å². The van der Waals surface area contributed by atoms with Gasteiger partial charge in [0, 0.05) is 10.6 Å². The summed E-state index contributed by atoms with van der Waals surface area (Å²) in [5.74, 6) is -0.103. The Morgan fingerprint density at radius 2 is 1.94 bits per heavy atom. The zero-order chi connectivity index (χ0) is 12.7. The third-order valence-electron chi connectivity index (χ3n) is 2.87. The zero-order valence-corrected chi connectivity index (χ0v) is 10.5. The maximum atomic E-state index is 14.3. The van der Waals surface area contributed by atoms with Gasteiger partial charge in [0.25, 0.3) is 0 Å². The molecule has 18 heavy (non-hydrogen) atoms. The highest BCUT2D eigenvalue weighted by molar-refractivity contribution is 6.31. The number of aryl methyl sites for hydroxylation is 1. The molecule has 0 aliphatic carbocycles. The van der Waals surface area contributed by atoms with Crippen LogP contribution in [-0.2, 0) is 0 Å². The predicted molar refractivity (Wildman–Crippen MR) is 71.4 cm³/mol. The van der Waals surface area contributed by atoms with Crippen molar-refractivity contribution in [2.45, 2.75) is 6.92 Å². The Morgan fingerprint density at radius 3 is 2.72 bits per heavy atom. The summed E-state index contributed by atoms with van der Waals surface area (Å²) in [4.78, 5) is 0. The monoisotopic (exact) mass is 260 g/mol. The lowest BCUT2D eigenvalue weighted by atomic mass is 10.1. The van der Waals surface area contributed by atoms with Crippen molar-refractivity contribution < 1.29 is 8.81 Å². The number of halogens is 2. The van der Waals surface area contributed by atoms with E-state index in [9.17, 15) is 4.39 Å². The molecule has 0 bridgehead atoms. The van der Waals surface area contributed by atoms with Crippen LogP contribution in [0.1, 0.15) is 5.56 Å². The maximum Gasteiger partial charge on any atom is 0.177 e. The van der Waals surface area contributed by atoms with Crippen molar-refractivity contribution in [1.82, 2.24) is 0 Å². The van der Waals surface area contributed by atoms with Gasteiger partial charge < -0.3 is 4.42 Å². The van der Waals surface area contributed by atoms with E-state index in [0.717, 1.165) is 11.1 Å². The molecule has 0 atom stereocenters. The Hall–Kier alpha value is -1.80. The van der Waals surface area contributed by atoms with E-state index in [1.807, 2.05) is 31.2 Å². The highest BCUT2D eigenvalue weighted by Gasteiger charge is 2.15. The summed E-state index contributed by atoms with van der Waals surface area (Å²) in [5, 5.41) is 0.914. The summed E-state index contributed by atoms with van der Waals surface area (Å²) in [5.41, 5.74) is 2.30. The van der Waals surface area contributed by atoms with Gasteiger partial charge in [-0.2, -0.15) is 0 Å². The Morgan fingerprint density at radius 1 is 1.11 bits per heavy atom. The van der Waals surface area contributed by atoms with E-state index in [4.69, 9.17) is 16.0 Å². The van der Waals surface area contributed by atoms with Crippen molar-refractivity contribution in [3.63, 3.8) is 0 Å². The van der Waals surface area contributed by atoms with E-state index in [1.54, 1.807) is 18.2 Å². The number of hydrogen-bond acceptors (Lipinski definition) is 1.